The van der Waals surface area contributed by atoms with Crippen molar-refractivity contribution < 1.29 is 13.2 Å². The number of nitrogens with zero attached hydrogens (tertiary/aromatic N) is 7. The third-order valence-electron chi connectivity index (χ3n) is 5.38. The Bertz CT molecular complexity index is 1210. The summed E-state index contributed by atoms with van der Waals surface area (Å²) in [5, 5.41) is 16.6. The maximum Gasteiger partial charge on any atom is 0.401 e. The number of alkyl halides is 3. The first-order chi connectivity index (χ1) is 15.3. The van der Waals surface area contributed by atoms with E-state index in [0.717, 1.165) is 5.57 Å². The Kier molecular flexibility index (Phi) is 5.48. The van der Waals surface area contributed by atoms with Crippen LogP contribution in [0.15, 0.2) is 49.7 Å². The van der Waals surface area contributed by atoms with E-state index in [-0.39, 0.29) is 19.5 Å². The average molecular weight is 442 g/mol. The average Bonchev–Trinajstić information content (AvgIpc) is 3.38. The predicted octanol–water partition coefficient (Wildman–Crippen LogP) is 2.83. The van der Waals surface area contributed by atoms with Gasteiger partial charge in [0.1, 0.15) is 17.0 Å². The number of nitriles is 1. The number of hydrogen-bond donors (Lipinski definition) is 1. The zero-order valence-electron chi connectivity index (χ0n) is 17.3. The number of fused-ring (bicyclic) bond motifs is 1. The number of nitrogens with one attached hydrogen (secondary N) is 1. The summed E-state index contributed by atoms with van der Waals surface area (Å²) in [5.41, 5.74) is 1.96. The van der Waals surface area contributed by atoms with Gasteiger partial charge in [0, 0.05) is 56.6 Å². The van der Waals surface area contributed by atoms with Gasteiger partial charge < -0.3 is 5.32 Å². The van der Waals surface area contributed by atoms with Crippen LogP contribution in [0.1, 0.15) is 12.1 Å². The van der Waals surface area contributed by atoms with Gasteiger partial charge in [-0.05, 0) is 0 Å². The number of allylic oxidation sites excluding steroid dienone is 2. The number of imidazole rings is 1. The summed E-state index contributed by atoms with van der Waals surface area (Å²) in [6, 6.07) is 3.92. The Morgan fingerprint density at radius 1 is 1.41 bits per heavy atom. The third-order valence-corrected chi connectivity index (χ3v) is 5.38. The molecule has 1 saturated heterocycles. The third kappa shape index (κ3) is 3.97. The number of aromatic nitrogens is 5. The second-order valence-corrected chi connectivity index (χ2v) is 7.71. The van der Waals surface area contributed by atoms with Crippen molar-refractivity contribution in [3.05, 3.63) is 55.4 Å². The van der Waals surface area contributed by atoms with E-state index in [2.05, 4.69) is 28.0 Å². The van der Waals surface area contributed by atoms with Crippen LogP contribution in [0.2, 0.25) is 0 Å². The highest BCUT2D eigenvalue weighted by Gasteiger charge is 2.48. The predicted molar refractivity (Wildman–Crippen MR) is 112 cm³/mol. The van der Waals surface area contributed by atoms with Crippen LogP contribution in [0.5, 0.6) is 0 Å². The number of rotatable bonds is 7. The van der Waals surface area contributed by atoms with Crippen LogP contribution < -0.4 is 5.32 Å². The van der Waals surface area contributed by atoms with Gasteiger partial charge in [0.15, 0.2) is 0 Å². The summed E-state index contributed by atoms with van der Waals surface area (Å²) in [5.74, 6) is 0.573. The van der Waals surface area contributed by atoms with Gasteiger partial charge in [0.05, 0.1) is 36.5 Å². The first kappa shape index (κ1) is 21.6. The van der Waals surface area contributed by atoms with Crippen molar-refractivity contribution in [2.75, 3.05) is 26.7 Å². The summed E-state index contributed by atoms with van der Waals surface area (Å²) >= 11 is 0. The SMILES string of the molecule is C=C/C(=C\NC)c1cc2nccn2c(-c2cnn(C3(CC#N)CN(CC(F)(F)F)C3)c2)n1. The van der Waals surface area contributed by atoms with Crippen LogP contribution in [0.3, 0.4) is 0 Å². The molecule has 4 rings (SSSR count). The molecule has 0 aliphatic carbocycles. The van der Waals surface area contributed by atoms with E-state index in [4.69, 9.17) is 4.98 Å². The van der Waals surface area contributed by atoms with Gasteiger partial charge in [-0.3, -0.25) is 14.0 Å². The molecule has 11 heteroatoms. The van der Waals surface area contributed by atoms with Crippen molar-refractivity contribution in [1.82, 2.24) is 34.4 Å². The van der Waals surface area contributed by atoms with Gasteiger partial charge in [-0.25, -0.2) is 9.97 Å². The van der Waals surface area contributed by atoms with E-state index < -0.39 is 18.3 Å². The van der Waals surface area contributed by atoms with Crippen molar-refractivity contribution in [3.63, 3.8) is 0 Å². The van der Waals surface area contributed by atoms with Crippen LogP contribution in [-0.4, -0.2) is 61.9 Å². The molecule has 0 spiro atoms. The molecule has 0 amide bonds. The van der Waals surface area contributed by atoms with E-state index in [9.17, 15) is 18.4 Å². The van der Waals surface area contributed by atoms with Crippen LogP contribution in [-0.2, 0) is 5.54 Å². The lowest BCUT2D eigenvalue weighted by Crippen LogP contribution is -2.64. The minimum Gasteiger partial charge on any atom is -0.393 e. The molecule has 1 aliphatic rings. The quantitative estimate of drug-likeness (QED) is 0.567. The molecular weight excluding hydrogens is 421 g/mol. The fraction of sp³-hybridized carbons (Fsp3) is 0.333. The van der Waals surface area contributed by atoms with Crippen molar-refractivity contribution >= 4 is 11.2 Å². The molecule has 0 aromatic carbocycles. The van der Waals surface area contributed by atoms with E-state index in [1.54, 1.807) is 53.2 Å². The van der Waals surface area contributed by atoms with Gasteiger partial charge in [-0.1, -0.05) is 12.7 Å². The van der Waals surface area contributed by atoms with E-state index in [1.165, 1.54) is 4.90 Å². The molecule has 1 N–H and O–H groups in total. The van der Waals surface area contributed by atoms with Gasteiger partial charge in [0.25, 0.3) is 0 Å². The smallest absolute Gasteiger partial charge is 0.393 e. The Balaban J connectivity index is 1.70. The zero-order valence-corrected chi connectivity index (χ0v) is 17.3. The highest BCUT2D eigenvalue weighted by Crippen LogP contribution is 2.35. The van der Waals surface area contributed by atoms with E-state index >= 15 is 0 Å². The molecule has 0 bridgehead atoms. The molecule has 4 heterocycles. The highest BCUT2D eigenvalue weighted by atomic mass is 19.4. The Morgan fingerprint density at radius 2 is 2.19 bits per heavy atom. The topological polar surface area (TPSA) is 87.1 Å². The molecular formula is C21H21F3N8. The monoisotopic (exact) mass is 442 g/mol. The van der Waals surface area contributed by atoms with Gasteiger partial charge in [-0.2, -0.15) is 23.5 Å². The summed E-state index contributed by atoms with van der Waals surface area (Å²) < 4.78 is 41.6. The summed E-state index contributed by atoms with van der Waals surface area (Å²) in [6.45, 7) is 3.02. The maximum atomic E-state index is 12.7. The first-order valence-electron chi connectivity index (χ1n) is 9.84. The first-order valence-corrected chi connectivity index (χ1v) is 9.84. The minimum atomic E-state index is -4.28. The standard InChI is InChI=1S/C21H21F3N8/c1-3-15(9-26-2)17-8-18-27-6-7-31(18)19(29-17)16-10-28-32(11-16)20(4-5-25)12-30(13-20)14-21(22,23)24/h3,6-11,26H,1,4,12-14H2,2H3/b15-9+. The lowest BCUT2D eigenvalue weighted by Gasteiger charge is -2.49. The fourth-order valence-electron chi connectivity index (χ4n) is 4.00. The fourth-order valence-corrected chi connectivity index (χ4v) is 4.00. The van der Waals surface area contributed by atoms with Crippen molar-refractivity contribution in [1.29, 1.82) is 5.26 Å². The molecule has 8 nitrogen and oxygen atoms in total. The summed E-state index contributed by atoms with van der Waals surface area (Å²) in [4.78, 5) is 10.4. The normalized spacial score (nSPS) is 16.5. The van der Waals surface area contributed by atoms with Crippen LogP contribution in [0.4, 0.5) is 13.2 Å². The maximum absolute atomic E-state index is 12.7. The molecule has 0 radical (unpaired) electrons. The largest absolute Gasteiger partial charge is 0.401 e. The minimum absolute atomic E-state index is 0.0575. The number of halogens is 3. The van der Waals surface area contributed by atoms with Crippen LogP contribution in [0.25, 0.3) is 22.6 Å². The van der Waals surface area contributed by atoms with E-state index in [1.807, 2.05) is 6.07 Å². The number of likely N-dealkylation sites (tertiary alicyclic amines) is 1. The van der Waals surface area contributed by atoms with Gasteiger partial charge in [0.2, 0.25) is 0 Å². The highest BCUT2D eigenvalue weighted by molar-refractivity contribution is 5.74. The molecule has 3 aromatic heterocycles. The second kappa shape index (κ2) is 8.12. The molecule has 0 atom stereocenters. The number of hydrogen-bond acceptors (Lipinski definition) is 6. The van der Waals surface area contributed by atoms with Crippen molar-refractivity contribution in [3.8, 4) is 17.5 Å². The van der Waals surface area contributed by atoms with Gasteiger partial charge >= 0.3 is 6.18 Å². The molecule has 32 heavy (non-hydrogen) atoms. The molecule has 0 unspecified atom stereocenters. The Morgan fingerprint density at radius 3 is 2.84 bits per heavy atom. The molecule has 166 valence electrons. The molecule has 0 saturated carbocycles. The van der Waals surface area contributed by atoms with Crippen molar-refractivity contribution in [2.45, 2.75) is 18.1 Å². The molecule has 1 aliphatic heterocycles. The second-order valence-electron chi connectivity index (χ2n) is 7.71. The van der Waals surface area contributed by atoms with Crippen LogP contribution >= 0.6 is 0 Å². The lowest BCUT2D eigenvalue weighted by atomic mass is 9.87. The van der Waals surface area contributed by atoms with E-state index in [0.29, 0.717) is 22.7 Å². The van der Waals surface area contributed by atoms with Crippen LogP contribution in [0, 0.1) is 11.3 Å². The summed E-state index contributed by atoms with van der Waals surface area (Å²) in [6.07, 6.45) is 5.98. The Labute approximate surface area is 182 Å². The zero-order chi connectivity index (χ0) is 22.9. The molecule has 1 fully saturated rings. The lowest BCUT2D eigenvalue weighted by molar-refractivity contribution is -0.167. The molecule has 3 aromatic rings. The van der Waals surface area contributed by atoms with Crippen molar-refractivity contribution in [2.24, 2.45) is 0 Å². The Hall–Kier alpha value is -3.65. The van der Waals surface area contributed by atoms with Gasteiger partial charge in [-0.15, -0.1) is 0 Å². The summed E-state index contributed by atoms with van der Waals surface area (Å²) in [7, 11) is 1.78.